The molecule has 0 spiro atoms. The standard InChI is InChI=1S/C21H20F3NO3/c22-21(23,24)20(28)25-18(14-16-9-5-2-6-10-16)12-11-17(19(26)27)13-15-7-3-1-4-8-15/h1-12,17-18H,13-14H2,(H,25,28)(H,26,27)/b12-11+/t17-,18+/m0/s1. The summed E-state index contributed by atoms with van der Waals surface area (Å²) in [5.74, 6) is -4.09. The number of carbonyl (C=O) groups excluding carboxylic acids is 1. The average Bonchev–Trinajstić information content (AvgIpc) is 2.65. The van der Waals surface area contributed by atoms with Gasteiger partial charge >= 0.3 is 18.1 Å². The quantitative estimate of drug-likeness (QED) is 0.673. The number of benzene rings is 2. The lowest BCUT2D eigenvalue weighted by Crippen LogP contribution is -2.43. The van der Waals surface area contributed by atoms with Crippen LogP contribution in [0.2, 0.25) is 0 Å². The molecule has 7 heteroatoms. The monoisotopic (exact) mass is 391 g/mol. The van der Waals surface area contributed by atoms with E-state index in [9.17, 15) is 27.9 Å². The first-order chi connectivity index (χ1) is 13.3. The molecule has 4 nitrogen and oxygen atoms in total. The van der Waals surface area contributed by atoms with E-state index >= 15 is 0 Å². The van der Waals surface area contributed by atoms with E-state index in [0.717, 1.165) is 11.1 Å². The first kappa shape index (κ1) is 21.2. The van der Waals surface area contributed by atoms with Crippen LogP contribution in [0.5, 0.6) is 0 Å². The Hall–Kier alpha value is -3.09. The van der Waals surface area contributed by atoms with Crippen molar-refractivity contribution >= 4 is 11.9 Å². The molecular formula is C21H20F3NO3. The van der Waals surface area contributed by atoms with Gasteiger partial charge in [-0.15, -0.1) is 0 Å². The van der Waals surface area contributed by atoms with E-state index in [1.165, 1.54) is 12.2 Å². The van der Waals surface area contributed by atoms with E-state index in [0.29, 0.717) is 0 Å². The third kappa shape index (κ3) is 6.90. The van der Waals surface area contributed by atoms with Crippen LogP contribution in [0.1, 0.15) is 11.1 Å². The predicted molar refractivity (Wildman–Crippen MR) is 98.5 cm³/mol. The van der Waals surface area contributed by atoms with Gasteiger partial charge in [-0.1, -0.05) is 72.8 Å². The van der Waals surface area contributed by atoms with E-state index in [4.69, 9.17) is 0 Å². The second kappa shape index (κ2) is 9.73. The molecule has 2 rings (SSSR count). The lowest BCUT2D eigenvalue weighted by molar-refractivity contribution is -0.174. The predicted octanol–water partition coefficient (Wildman–Crippen LogP) is 3.78. The molecule has 0 fully saturated rings. The summed E-state index contributed by atoms with van der Waals surface area (Å²) >= 11 is 0. The first-order valence-electron chi connectivity index (χ1n) is 8.62. The van der Waals surface area contributed by atoms with Crippen LogP contribution >= 0.6 is 0 Å². The molecule has 2 aromatic carbocycles. The fourth-order valence-corrected chi connectivity index (χ4v) is 2.66. The van der Waals surface area contributed by atoms with E-state index in [1.807, 2.05) is 5.32 Å². The lowest BCUT2D eigenvalue weighted by atomic mass is 9.97. The summed E-state index contributed by atoms with van der Waals surface area (Å²) in [7, 11) is 0. The van der Waals surface area contributed by atoms with E-state index < -0.39 is 30.0 Å². The van der Waals surface area contributed by atoms with Gasteiger partial charge in [-0.2, -0.15) is 13.2 Å². The first-order valence-corrected chi connectivity index (χ1v) is 8.62. The van der Waals surface area contributed by atoms with Gasteiger partial charge in [-0.25, -0.2) is 0 Å². The Bertz CT molecular complexity index is 805. The molecule has 0 bridgehead atoms. The second-order valence-corrected chi connectivity index (χ2v) is 6.29. The largest absolute Gasteiger partial charge is 0.481 e. The number of carbonyl (C=O) groups is 2. The Balaban J connectivity index is 2.17. The summed E-state index contributed by atoms with van der Waals surface area (Å²) in [5, 5.41) is 11.3. The van der Waals surface area contributed by atoms with Crippen molar-refractivity contribution in [2.45, 2.75) is 25.1 Å². The Labute approximate surface area is 160 Å². The van der Waals surface area contributed by atoms with Crippen molar-refractivity contribution in [1.82, 2.24) is 5.32 Å². The van der Waals surface area contributed by atoms with Gasteiger partial charge in [0.1, 0.15) is 0 Å². The molecule has 0 aliphatic rings. The zero-order valence-electron chi connectivity index (χ0n) is 14.9. The van der Waals surface area contributed by atoms with Crippen LogP contribution in [0.4, 0.5) is 13.2 Å². The molecule has 2 aromatic rings. The SMILES string of the molecule is O=C(O)[C@@H](/C=C/[C@H](Cc1ccccc1)NC(=O)C(F)(F)F)Cc1ccccc1. The number of halogens is 3. The Kier molecular flexibility index (Phi) is 7.37. The molecule has 0 aliphatic heterocycles. The average molecular weight is 391 g/mol. The van der Waals surface area contributed by atoms with Gasteiger partial charge in [0.15, 0.2) is 0 Å². The summed E-state index contributed by atoms with van der Waals surface area (Å²) in [6.45, 7) is 0. The summed E-state index contributed by atoms with van der Waals surface area (Å²) in [5.41, 5.74) is 1.51. The number of hydrogen-bond acceptors (Lipinski definition) is 2. The molecule has 2 atom stereocenters. The van der Waals surface area contributed by atoms with Gasteiger partial charge in [0.25, 0.3) is 0 Å². The summed E-state index contributed by atoms with van der Waals surface area (Å²) in [6, 6.07) is 16.6. The normalized spacial score (nSPS) is 13.8. The van der Waals surface area contributed by atoms with Crippen molar-refractivity contribution in [3.05, 3.63) is 83.9 Å². The van der Waals surface area contributed by atoms with Crippen LogP contribution in [0.15, 0.2) is 72.8 Å². The third-order valence-corrected chi connectivity index (χ3v) is 4.06. The number of amides is 1. The molecule has 2 N–H and O–H groups in total. The second-order valence-electron chi connectivity index (χ2n) is 6.29. The minimum atomic E-state index is -5.01. The van der Waals surface area contributed by atoms with Crippen LogP contribution in [-0.2, 0) is 22.4 Å². The molecule has 148 valence electrons. The summed E-state index contributed by atoms with van der Waals surface area (Å²) < 4.78 is 37.9. The maximum atomic E-state index is 12.6. The highest BCUT2D eigenvalue weighted by Crippen LogP contribution is 2.16. The van der Waals surface area contributed by atoms with Crippen LogP contribution in [0.25, 0.3) is 0 Å². The van der Waals surface area contributed by atoms with Crippen LogP contribution in [0, 0.1) is 5.92 Å². The van der Waals surface area contributed by atoms with E-state index in [-0.39, 0.29) is 12.8 Å². The van der Waals surface area contributed by atoms with Crippen LogP contribution < -0.4 is 5.32 Å². The zero-order chi connectivity index (χ0) is 20.6. The van der Waals surface area contributed by atoms with E-state index in [2.05, 4.69) is 0 Å². The number of carboxylic acid groups (broad SMARTS) is 1. The topological polar surface area (TPSA) is 66.4 Å². The van der Waals surface area contributed by atoms with Gasteiger partial charge in [0.2, 0.25) is 0 Å². The van der Waals surface area contributed by atoms with Gasteiger partial charge < -0.3 is 10.4 Å². The van der Waals surface area contributed by atoms with Crippen LogP contribution in [-0.4, -0.2) is 29.2 Å². The van der Waals surface area contributed by atoms with Gasteiger partial charge in [-0.3, -0.25) is 9.59 Å². The molecule has 0 radical (unpaired) electrons. The fourth-order valence-electron chi connectivity index (χ4n) is 2.66. The lowest BCUT2D eigenvalue weighted by Gasteiger charge is -2.17. The minimum absolute atomic E-state index is 0.108. The molecule has 0 heterocycles. The van der Waals surface area contributed by atoms with Crippen molar-refractivity contribution in [1.29, 1.82) is 0 Å². The molecule has 0 saturated heterocycles. The Morgan fingerprint density at radius 2 is 1.39 bits per heavy atom. The third-order valence-electron chi connectivity index (χ3n) is 4.06. The smallest absolute Gasteiger partial charge is 0.471 e. The highest BCUT2D eigenvalue weighted by atomic mass is 19.4. The number of aliphatic carboxylic acids is 1. The van der Waals surface area contributed by atoms with Crippen molar-refractivity contribution < 1.29 is 27.9 Å². The highest BCUT2D eigenvalue weighted by Gasteiger charge is 2.39. The van der Waals surface area contributed by atoms with Crippen molar-refractivity contribution in [3.8, 4) is 0 Å². The number of hydrogen-bond donors (Lipinski definition) is 2. The number of carboxylic acids is 1. The van der Waals surface area contributed by atoms with Crippen molar-refractivity contribution in [2.75, 3.05) is 0 Å². The highest BCUT2D eigenvalue weighted by molar-refractivity contribution is 5.82. The molecule has 1 amide bonds. The molecule has 0 aliphatic carbocycles. The van der Waals surface area contributed by atoms with Gasteiger partial charge in [0, 0.05) is 0 Å². The summed E-state index contributed by atoms with van der Waals surface area (Å²) in [6.07, 6.45) is -2.06. The maximum absolute atomic E-state index is 12.6. The molecule has 0 unspecified atom stereocenters. The van der Waals surface area contributed by atoms with E-state index in [1.54, 1.807) is 60.7 Å². The Morgan fingerprint density at radius 1 is 0.893 bits per heavy atom. The van der Waals surface area contributed by atoms with Crippen LogP contribution in [0.3, 0.4) is 0 Å². The molecule has 0 aromatic heterocycles. The fraction of sp³-hybridized carbons (Fsp3) is 0.238. The molecule has 0 saturated carbocycles. The van der Waals surface area contributed by atoms with Gasteiger partial charge in [-0.05, 0) is 24.0 Å². The zero-order valence-corrected chi connectivity index (χ0v) is 14.9. The minimum Gasteiger partial charge on any atom is -0.481 e. The van der Waals surface area contributed by atoms with Crippen molar-refractivity contribution in [3.63, 3.8) is 0 Å². The summed E-state index contributed by atoms with van der Waals surface area (Å²) in [4.78, 5) is 22.9. The number of nitrogens with one attached hydrogen (secondary N) is 1. The molecular weight excluding hydrogens is 371 g/mol. The Morgan fingerprint density at radius 3 is 1.86 bits per heavy atom. The number of rotatable bonds is 8. The maximum Gasteiger partial charge on any atom is 0.471 e. The van der Waals surface area contributed by atoms with Crippen molar-refractivity contribution in [2.24, 2.45) is 5.92 Å². The number of alkyl halides is 3. The van der Waals surface area contributed by atoms with Gasteiger partial charge in [0.05, 0.1) is 12.0 Å². The molecule has 28 heavy (non-hydrogen) atoms.